The molecule has 2 heteroatoms. The Morgan fingerprint density at radius 3 is 3.00 bits per heavy atom. The molecule has 0 saturated carbocycles. The van der Waals surface area contributed by atoms with E-state index in [0.29, 0.717) is 12.0 Å². The maximum atomic E-state index is 5.90. The standard InChI is InChI=1S/C10H18N2/c1-3-4-6-12-7-5-10(11)9(2)8-12/h1,9-10H,4-8,11H2,2H3. The topological polar surface area (TPSA) is 29.3 Å². The van der Waals surface area contributed by atoms with Gasteiger partial charge >= 0.3 is 0 Å². The molecular weight excluding hydrogens is 148 g/mol. The van der Waals surface area contributed by atoms with Crippen LogP contribution >= 0.6 is 0 Å². The van der Waals surface area contributed by atoms with Crippen LogP contribution in [0.25, 0.3) is 0 Å². The maximum Gasteiger partial charge on any atom is 0.0214 e. The highest BCUT2D eigenvalue weighted by Crippen LogP contribution is 2.14. The van der Waals surface area contributed by atoms with Gasteiger partial charge in [-0.05, 0) is 18.9 Å². The second-order valence-corrected chi connectivity index (χ2v) is 3.68. The first kappa shape index (κ1) is 9.57. The van der Waals surface area contributed by atoms with Gasteiger partial charge in [-0.2, -0.15) is 0 Å². The number of rotatable bonds is 2. The molecule has 68 valence electrons. The summed E-state index contributed by atoms with van der Waals surface area (Å²) in [6.45, 7) is 5.48. The number of piperidine rings is 1. The normalized spacial score (nSPS) is 31.4. The molecule has 2 unspecified atom stereocenters. The lowest BCUT2D eigenvalue weighted by Crippen LogP contribution is -2.46. The maximum absolute atomic E-state index is 5.90. The van der Waals surface area contributed by atoms with Crippen LogP contribution in [0.5, 0.6) is 0 Å². The predicted octanol–water partition coefficient (Wildman–Crippen LogP) is 0.679. The fourth-order valence-electron chi connectivity index (χ4n) is 1.68. The Balaban J connectivity index is 2.26. The zero-order chi connectivity index (χ0) is 8.97. The minimum atomic E-state index is 0.395. The second kappa shape index (κ2) is 4.49. The van der Waals surface area contributed by atoms with Crippen molar-refractivity contribution >= 4 is 0 Å². The number of nitrogens with two attached hydrogens (primary N) is 1. The predicted molar refractivity (Wildman–Crippen MR) is 51.6 cm³/mol. The molecule has 0 aliphatic carbocycles. The summed E-state index contributed by atoms with van der Waals surface area (Å²) in [4.78, 5) is 2.41. The summed E-state index contributed by atoms with van der Waals surface area (Å²) in [5.41, 5.74) is 5.90. The molecule has 1 heterocycles. The first-order valence-corrected chi connectivity index (χ1v) is 4.65. The molecule has 1 aliphatic heterocycles. The third-order valence-corrected chi connectivity index (χ3v) is 2.63. The zero-order valence-electron chi connectivity index (χ0n) is 7.79. The van der Waals surface area contributed by atoms with Crippen LogP contribution in [0.15, 0.2) is 0 Å². The molecule has 2 nitrogen and oxygen atoms in total. The van der Waals surface area contributed by atoms with E-state index in [1.807, 2.05) is 0 Å². The van der Waals surface area contributed by atoms with Gasteiger partial charge in [0.1, 0.15) is 0 Å². The molecular formula is C10H18N2. The molecule has 0 aromatic heterocycles. The van der Waals surface area contributed by atoms with Gasteiger partial charge in [0.25, 0.3) is 0 Å². The van der Waals surface area contributed by atoms with Gasteiger partial charge < -0.3 is 10.6 Å². The van der Waals surface area contributed by atoms with E-state index in [0.717, 1.165) is 32.5 Å². The van der Waals surface area contributed by atoms with Gasteiger partial charge in [0.15, 0.2) is 0 Å². The molecule has 0 amide bonds. The molecule has 2 N–H and O–H groups in total. The van der Waals surface area contributed by atoms with Gasteiger partial charge in [-0.15, -0.1) is 12.3 Å². The van der Waals surface area contributed by atoms with Crippen LogP contribution in [0.1, 0.15) is 19.8 Å². The lowest BCUT2D eigenvalue weighted by atomic mass is 9.95. The molecule has 1 fully saturated rings. The SMILES string of the molecule is C#CCCN1CCC(N)C(C)C1. The highest BCUT2D eigenvalue weighted by Gasteiger charge is 2.21. The molecule has 1 rings (SSSR count). The first-order chi connectivity index (χ1) is 5.74. The van der Waals surface area contributed by atoms with Crippen molar-refractivity contribution in [3.05, 3.63) is 0 Å². The van der Waals surface area contributed by atoms with Crippen molar-refractivity contribution in [2.75, 3.05) is 19.6 Å². The summed E-state index contributed by atoms with van der Waals surface area (Å²) in [5.74, 6) is 3.29. The van der Waals surface area contributed by atoms with Gasteiger partial charge in [0.2, 0.25) is 0 Å². The van der Waals surface area contributed by atoms with E-state index in [9.17, 15) is 0 Å². The molecule has 0 spiro atoms. The molecule has 12 heavy (non-hydrogen) atoms. The number of hydrogen-bond donors (Lipinski definition) is 1. The monoisotopic (exact) mass is 166 g/mol. The van der Waals surface area contributed by atoms with E-state index < -0.39 is 0 Å². The molecule has 0 bridgehead atoms. The number of likely N-dealkylation sites (tertiary alicyclic amines) is 1. The van der Waals surface area contributed by atoms with Crippen LogP contribution in [0.3, 0.4) is 0 Å². The summed E-state index contributed by atoms with van der Waals surface area (Å²) in [6.07, 6.45) is 7.19. The van der Waals surface area contributed by atoms with Crippen molar-refractivity contribution in [1.29, 1.82) is 0 Å². The summed E-state index contributed by atoms with van der Waals surface area (Å²) in [6, 6.07) is 0.395. The summed E-state index contributed by atoms with van der Waals surface area (Å²) < 4.78 is 0. The highest BCUT2D eigenvalue weighted by molar-refractivity contribution is 4.87. The number of terminal acetylenes is 1. The van der Waals surface area contributed by atoms with Gasteiger partial charge in [0.05, 0.1) is 0 Å². The molecule has 0 aromatic carbocycles. The fourth-order valence-corrected chi connectivity index (χ4v) is 1.68. The number of nitrogens with zero attached hydrogens (tertiary/aromatic N) is 1. The molecule has 0 aromatic rings. The summed E-state index contributed by atoms with van der Waals surface area (Å²) in [7, 11) is 0. The third-order valence-electron chi connectivity index (χ3n) is 2.63. The van der Waals surface area contributed by atoms with Crippen molar-refractivity contribution < 1.29 is 0 Å². The Hall–Kier alpha value is -0.520. The number of hydrogen-bond acceptors (Lipinski definition) is 2. The van der Waals surface area contributed by atoms with E-state index in [1.165, 1.54) is 0 Å². The van der Waals surface area contributed by atoms with Crippen molar-refractivity contribution in [2.45, 2.75) is 25.8 Å². The Morgan fingerprint density at radius 2 is 2.42 bits per heavy atom. The Kier molecular flexibility index (Phi) is 3.58. The summed E-state index contributed by atoms with van der Waals surface area (Å²) in [5, 5.41) is 0. The lowest BCUT2D eigenvalue weighted by Gasteiger charge is -2.34. The minimum absolute atomic E-state index is 0.395. The fraction of sp³-hybridized carbons (Fsp3) is 0.800. The Morgan fingerprint density at radius 1 is 1.67 bits per heavy atom. The quantitative estimate of drug-likeness (QED) is 0.611. The van der Waals surface area contributed by atoms with E-state index in [2.05, 4.69) is 17.7 Å². The van der Waals surface area contributed by atoms with Crippen LogP contribution < -0.4 is 5.73 Å². The largest absolute Gasteiger partial charge is 0.327 e. The molecule has 0 radical (unpaired) electrons. The minimum Gasteiger partial charge on any atom is -0.327 e. The Bertz CT molecular complexity index is 171. The molecule has 2 atom stereocenters. The van der Waals surface area contributed by atoms with E-state index in [1.54, 1.807) is 0 Å². The average Bonchev–Trinajstić information content (AvgIpc) is 2.07. The van der Waals surface area contributed by atoms with Crippen LogP contribution in [-0.4, -0.2) is 30.6 Å². The van der Waals surface area contributed by atoms with Gasteiger partial charge in [-0.1, -0.05) is 6.92 Å². The average molecular weight is 166 g/mol. The zero-order valence-corrected chi connectivity index (χ0v) is 7.79. The third kappa shape index (κ3) is 2.51. The van der Waals surface area contributed by atoms with E-state index in [4.69, 9.17) is 12.2 Å². The first-order valence-electron chi connectivity index (χ1n) is 4.65. The van der Waals surface area contributed by atoms with E-state index in [-0.39, 0.29) is 0 Å². The van der Waals surface area contributed by atoms with Crippen molar-refractivity contribution in [3.63, 3.8) is 0 Å². The van der Waals surface area contributed by atoms with Gasteiger partial charge in [-0.25, -0.2) is 0 Å². The van der Waals surface area contributed by atoms with Gasteiger partial charge in [0, 0.05) is 25.6 Å². The van der Waals surface area contributed by atoms with Crippen LogP contribution in [0.4, 0.5) is 0 Å². The van der Waals surface area contributed by atoms with E-state index >= 15 is 0 Å². The van der Waals surface area contributed by atoms with Crippen LogP contribution in [0, 0.1) is 18.3 Å². The Labute approximate surface area is 75.1 Å². The second-order valence-electron chi connectivity index (χ2n) is 3.68. The smallest absolute Gasteiger partial charge is 0.0214 e. The lowest BCUT2D eigenvalue weighted by molar-refractivity contribution is 0.168. The van der Waals surface area contributed by atoms with Crippen molar-refractivity contribution in [1.82, 2.24) is 4.90 Å². The van der Waals surface area contributed by atoms with Crippen LogP contribution in [0.2, 0.25) is 0 Å². The van der Waals surface area contributed by atoms with Crippen molar-refractivity contribution in [2.24, 2.45) is 11.7 Å². The summed E-state index contributed by atoms with van der Waals surface area (Å²) >= 11 is 0. The van der Waals surface area contributed by atoms with Crippen molar-refractivity contribution in [3.8, 4) is 12.3 Å². The molecule has 1 aliphatic rings. The molecule has 1 saturated heterocycles. The van der Waals surface area contributed by atoms with Crippen LogP contribution in [-0.2, 0) is 0 Å². The van der Waals surface area contributed by atoms with Gasteiger partial charge in [-0.3, -0.25) is 0 Å². The highest BCUT2D eigenvalue weighted by atomic mass is 15.1.